The topological polar surface area (TPSA) is 53.8 Å². The maximum atomic E-state index is 12.5. The molecule has 2 heterocycles. The average Bonchev–Trinajstić information content (AvgIpc) is 3.12. The minimum absolute atomic E-state index is 0.110. The molecule has 0 aliphatic carbocycles. The van der Waals surface area contributed by atoms with E-state index in [-0.39, 0.29) is 11.8 Å². The van der Waals surface area contributed by atoms with Crippen molar-refractivity contribution in [3.05, 3.63) is 59.0 Å². The van der Waals surface area contributed by atoms with Crippen LogP contribution in [0.4, 0.5) is 0 Å². The monoisotopic (exact) mass is 326 g/mol. The van der Waals surface area contributed by atoms with Crippen LogP contribution in [0.3, 0.4) is 0 Å². The van der Waals surface area contributed by atoms with Crippen LogP contribution < -0.4 is 0 Å². The first-order chi connectivity index (χ1) is 11.5. The Morgan fingerprint density at radius 1 is 1.04 bits per heavy atom. The Morgan fingerprint density at radius 2 is 1.75 bits per heavy atom. The van der Waals surface area contributed by atoms with Gasteiger partial charge < -0.3 is 14.2 Å². The summed E-state index contributed by atoms with van der Waals surface area (Å²) in [5, 5.41) is 0. The molecule has 1 aromatic heterocycles. The Kier molecular flexibility index (Phi) is 4.69. The molecular formula is C19H22N2O3. The van der Waals surface area contributed by atoms with Crippen LogP contribution >= 0.6 is 0 Å². The van der Waals surface area contributed by atoms with E-state index in [1.54, 1.807) is 17.0 Å². The van der Waals surface area contributed by atoms with E-state index in [4.69, 9.17) is 4.42 Å². The van der Waals surface area contributed by atoms with Crippen molar-refractivity contribution < 1.29 is 14.0 Å². The molecule has 2 amide bonds. The molecule has 3 rings (SSSR count). The van der Waals surface area contributed by atoms with Crippen molar-refractivity contribution in [2.75, 3.05) is 26.2 Å². The molecular weight excluding hydrogens is 304 g/mol. The van der Waals surface area contributed by atoms with Crippen LogP contribution in [0.2, 0.25) is 0 Å². The summed E-state index contributed by atoms with van der Waals surface area (Å²) >= 11 is 0. The fraction of sp³-hybridized carbons (Fsp3) is 0.368. The van der Waals surface area contributed by atoms with Crippen LogP contribution in [0, 0.1) is 13.8 Å². The van der Waals surface area contributed by atoms with Crippen LogP contribution in [0.15, 0.2) is 41.0 Å². The lowest BCUT2D eigenvalue weighted by Crippen LogP contribution is -2.51. The third-order valence-corrected chi connectivity index (χ3v) is 4.50. The van der Waals surface area contributed by atoms with E-state index in [1.807, 2.05) is 18.7 Å². The predicted molar refractivity (Wildman–Crippen MR) is 90.8 cm³/mol. The van der Waals surface area contributed by atoms with E-state index < -0.39 is 0 Å². The van der Waals surface area contributed by atoms with E-state index >= 15 is 0 Å². The van der Waals surface area contributed by atoms with E-state index in [2.05, 4.69) is 18.2 Å². The van der Waals surface area contributed by atoms with E-state index in [9.17, 15) is 9.59 Å². The number of piperazine rings is 1. The number of benzene rings is 1. The zero-order chi connectivity index (χ0) is 17.1. The van der Waals surface area contributed by atoms with Gasteiger partial charge in [-0.3, -0.25) is 9.59 Å². The average molecular weight is 326 g/mol. The highest BCUT2D eigenvalue weighted by molar-refractivity contribution is 5.91. The lowest BCUT2D eigenvalue weighted by atomic mass is 10.0. The quantitative estimate of drug-likeness (QED) is 0.870. The second-order valence-electron chi connectivity index (χ2n) is 6.26. The van der Waals surface area contributed by atoms with Crippen LogP contribution in [0.25, 0.3) is 0 Å². The van der Waals surface area contributed by atoms with Gasteiger partial charge in [-0.1, -0.05) is 23.8 Å². The molecule has 0 unspecified atom stereocenters. The number of hydrogen-bond donors (Lipinski definition) is 0. The second-order valence-corrected chi connectivity index (χ2v) is 6.26. The summed E-state index contributed by atoms with van der Waals surface area (Å²) in [6.45, 7) is 6.27. The Hall–Kier alpha value is -2.56. The molecule has 0 spiro atoms. The Balaban J connectivity index is 1.57. The molecule has 1 aromatic carbocycles. The summed E-state index contributed by atoms with van der Waals surface area (Å²) < 4.78 is 5.15. The minimum Gasteiger partial charge on any atom is -0.459 e. The largest absolute Gasteiger partial charge is 0.459 e. The molecule has 2 aromatic rings. The molecule has 0 N–H and O–H groups in total. The number of hydrogen-bond acceptors (Lipinski definition) is 3. The van der Waals surface area contributed by atoms with Crippen molar-refractivity contribution in [2.24, 2.45) is 0 Å². The first-order valence-electron chi connectivity index (χ1n) is 8.21. The molecule has 5 heteroatoms. The van der Waals surface area contributed by atoms with Gasteiger partial charge in [-0.25, -0.2) is 0 Å². The zero-order valence-corrected chi connectivity index (χ0v) is 14.1. The molecule has 126 valence electrons. The van der Waals surface area contributed by atoms with Crippen LogP contribution in [0.1, 0.15) is 27.2 Å². The Bertz CT molecular complexity index is 729. The van der Waals surface area contributed by atoms with Crippen molar-refractivity contribution in [1.29, 1.82) is 0 Å². The van der Waals surface area contributed by atoms with Crippen LogP contribution in [0.5, 0.6) is 0 Å². The maximum Gasteiger partial charge on any atom is 0.289 e. The van der Waals surface area contributed by atoms with Crippen LogP contribution in [-0.4, -0.2) is 47.8 Å². The van der Waals surface area contributed by atoms with Gasteiger partial charge in [-0.15, -0.1) is 0 Å². The number of carbonyl (C=O) groups excluding carboxylic acids is 2. The molecule has 0 atom stereocenters. The number of rotatable bonds is 3. The first-order valence-corrected chi connectivity index (χ1v) is 8.21. The van der Waals surface area contributed by atoms with E-state index in [0.717, 1.165) is 16.7 Å². The zero-order valence-electron chi connectivity index (χ0n) is 14.1. The highest BCUT2D eigenvalue weighted by Crippen LogP contribution is 2.14. The van der Waals surface area contributed by atoms with Crippen LogP contribution in [-0.2, 0) is 11.2 Å². The summed E-state index contributed by atoms with van der Waals surface area (Å²) in [5.41, 5.74) is 3.38. The van der Waals surface area contributed by atoms with Crippen molar-refractivity contribution in [1.82, 2.24) is 9.80 Å². The number of aryl methyl sites for hydroxylation is 2. The fourth-order valence-corrected chi connectivity index (χ4v) is 2.98. The third-order valence-electron chi connectivity index (χ3n) is 4.50. The van der Waals surface area contributed by atoms with Crippen molar-refractivity contribution in [3.63, 3.8) is 0 Å². The van der Waals surface area contributed by atoms with Gasteiger partial charge in [0.15, 0.2) is 5.76 Å². The number of carbonyl (C=O) groups is 2. The molecule has 1 saturated heterocycles. The highest BCUT2D eigenvalue weighted by atomic mass is 16.3. The summed E-state index contributed by atoms with van der Waals surface area (Å²) in [6, 6.07) is 9.56. The molecule has 1 aliphatic rings. The van der Waals surface area contributed by atoms with Gasteiger partial charge in [0, 0.05) is 26.2 Å². The van der Waals surface area contributed by atoms with E-state index in [0.29, 0.717) is 38.4 Å². The standard InChI is InChI=1S/C19H22N2O3/c1-14-5-6-15(2)16(12-14)13-18(22)20-7-9-21(10-8-20)19(23)17-4-3-11-24-17/h3-6,11-12H,7-10,13H2,1-2H3. The Morgan fingerprint density at radius 3 is 2.42 bits per heavy atom. The number of nitrogens with zero attached hydrogens (tertiary/aromatic N) is 2. The van der Waals surface area contributed by atoms with Gasteiger partial charge >= 0.3 is 0 Å². The van der Waals surface area contributed by atoms with Gasteiger partial charge in [0.05, 0.1) is 12.7 Å². The predicted octanol–water partition coefficient (Wildman–Crippen LogP) is 2.42. The van der Waals surface area contributed by atoms with Crippen molar-refractivity contribution in [3.8, 4) is 0 Å². The van der Waals surface area contributed by atoms with Crippen molar-refractivity contribution >= 4 is 11.8 Å². The Labute approximate surface area is 141 Å². The van der Waals surface area contributed by atoms with Gasteiger partial charge in [0.1, 0.15) is 0 Å². The third kappa shape index (κ3) is 3.50. The lowest BCUT2D eigenvalue weighted by Gasteiger charge is -2.34. The van der Waals surface area contributed by atoms with Gasteiger partial charge in [-0.2, -0.15) is 0 Å². The molecule has 0 bridgehead atoms. The first kappa shape index (κ1) is 16.3. The molecule has 24 heavy (non-hydrogen) atoms. The molecule has 1 aliphatic heterocycles. The van der Waals surface area contributed by atoms with Gasteiger partial charge in [-0.05, 0) is 37.1 Å². The van der Waals surface area contributed by atoms with Crippen molar-refractivity contribution in [2.45, 2.75) is 20.3 Å². The normalized spacial score (nSPS) is 14.8. The molecule has 0 radical (unpaired) electrons. The van der Waals surface area contributed by atoms with Gasteiger partial charge in [0.2, 0.25) is 5.91 Å². The highest BCUT2D eigenvalue weighted by Gasteiger charge is 2.26. The van der Waals surface area contributed by atoms with E-state index in [1.165, 1.54) is 6.26 Å². The SMILES string of the molecule is Cc1ccc(C)c(CC(=O)N2CCN(C(=O)c3ccco3)CC2)c1. The summed E-state index contributed by atoms with van der Waals surface area (Å²) in [7, 11) is 0. The fourth-order valence-electron chi connectivity index (χ4n) is 2.98. The summed E-state index contributed by atoms with van der Waals surface area (Å²) in [6.07, 6.45) is 1.91. The molecule has 0 saturated carbocycles. The number of amides is 2. The lowest BCUT2D eigenvalue weighted by molar-refractivity contribution is -0.131. The second kappa shape index (κ2) is 6.91. The molecule has 5 nitrogen and oxygen atoms in total. The minimum atomic E-state index is -0.110. The summed E-state index contributed by atoms with van der Waals surface area (Å²) in [4.78, 5) is 28.4. The summed E-state index contributed by atoms with van der Waals surface area (Å²) in [5.74, 6) is 0.362. The smallest absolute Gasteiger partial charge is 0.289 e. The number of furan rings is 1. The maximum absolute atomic E-state index is 12.5. The molecule has 1 fully saturated rings. The van der Waals surface area contributed by atoms with Gasteiger partial charge in [0.25, 0.3) is 5.91 Å².